The lowest BCUT2D eigenvalue weighted by atomic mass is 10.3. The molecular weight excluding hydrogens is 428 g/mol. The van der Waals surface area contributed by atoms with E-state index in [9.17, 15) is 17.6 Å². The van der Waals surface area contributed by atoms with Crippen molar-refractivity contribution in [1.82, 2.24) is 9.21 Å². The Morgan fingerprint density at radius 3 is 2.21 bits per heavy atom. The second kappa shape index (κ2) is 8.75. The monoisotopic (exact) mass is 445 g/mol. The molecule has 0 bridgehead atoms. The normalized spacial score (nSPS) is 16.1. The van der Waals surface area contributed by atoms with Crippen molar-refractivity contribution in [3.63, 3.8) is 0 Å². The second-order valence-electron chi connectivity index (χ2n) is 6.31. The van der Waals surface area contributed by atoms with Crippen molar-refractivity contribution >= 4 is 44.8 Å². The van der Waals surface area contributed by atoms with Gasteiger partial charge in [-0.15, -0.1) is 0 Å². The number of benzene rings is 2. The van der Waals surface area contributed by atoms with Gasteiger partial charge < -0.3 is 5.32 Å². The summed E-state index contributed by atoms with van der Waals surface area (Å²) in [4.78, 5) is 14.2. The standard InChI is InChI=1S/C18H18Cl2FN3O3S/c19-13-1-4-15(5-2-13)28(26,27)24-9-7-23(8-10-24)12-18(25)22-17-6-3-14(20)11-16(17)21/h1-6,11H,7-10,12H2,(H,22,25). The number of carbonyl (C=O) groups is 1. The molecule has 0 aromatic heterocycles. The van der Waals surface area contributed by atoms with Crippen molar-refractivity contribution < 1.29 is 17.6 Å². The number of hydrogen-bond acceptors (Lipinski definition) is 4. The molecule has 0 saturated carbocycles. The van der Waals surface area contributed by atoms with Gasteiger partial charge in [-0.3, -0.25) is 9.69 Å². The highest BCUT2D eigenvalue weighted by Gasteiger charge is 2.29. The summed E-state index contributed by atoms with van der Waals surface area (Å²) in [6, 6.07) is 10.0. The maximum absolute atomic E-state index is 13.8. The molecule has 1 amide bonds. The molecule has 1 aliphatic heterocycles. The average molecular weight is 446 g/mol. The third kappa shape index (κ3) is 5.01. The van der Waals surface area contributed by atoms with Gasteiger partial charge in [-0.05, 0) is 42.5 Å². The van der Waals surface area contributed by atoms with Gasteiger partial charge in [0.25, 0.3) is 0 Å². The fraction of sp³-hybridized carbons (Fsp3) is 0.278. The highest BCUT2D eigenvalue weighted by atomic mass is 35.5. The molecule has 1 aliphatic rings. The van der Waals surface area contributed by atoms with Crippen LogP contribution in [0.4, 0.5) is 10.1 Å². The molecule has 150 valence electrons. The zero-order valence-electron chi connectivity index (χ0n) is 14.7. The van der Waals surface area contributed by atoms with Crippen molar-refractivity contribution in [2.24, 2.45) is 0 Å². The first-order valence-corrected chi connectivity index (χ1v) is 10.7. The van der Waals surface area contributed by atoms with Crippen LogP contribution >= 0.6 is 23.2 Å². The van der Waals surface area contributed by atoms with Gasteiger partial charge in [0, 0.05) is 36.2 Å². The fourth-order valence-electron chi connectivity index (χ4n) is 2.87. The summed E-state index contributed by atoms with van der Waals surface area (Å²) in [5.41, 5.74) is 0.0540. The summed E-state index contributed by atoms with van der Waals surface area (Å²) >= 11 is 11.5. The summed E-state index contributed by atoms with van der Waals surface area (Å²) in [6.45, 7) is 1.34. The number of anilines is 1. The Morgan fingerprint density at radius 2 is 1.61 bits per heavy atom. The largest absolute Gasteiger partial charge is 0.322 e. The van der Waals surface area contributed by atoms with Crippen LogP contribution in [-0.4, -0.2) is 56.3 Å². The predicted molar refractivity (Wildman–Crippen MR) is 107 cm³/mol. The van der Waals surface area contributed by atoms with E-state index in [0.29, 0.717) is 18.1 Å². The molecule has 2 aromatic rings. The molecule has 0 atom stereocenters. The number of halogens is 3. The van der Waals surface area contributed by atoms with E-state index in [-0.39, 0.29) is 41.1 Å². The first-order chi connectivity index (χ1) is 13.3. The first-order valence-electron chi connectivity index (χ1n) is 8.49. The van der Waals surface area contributed by atoms with Crippen LogP contribution in [0.3, 0.4) is 0 Å². The predicted octanol–water partition coefficient (Wildman–Crippen LogP) is 3.08. The van der Waals surface area contributed by atoms with Crippen molar-refractivity contribution in [3.8, 4) is 0 Å². The number of rotatable bonds is 5. The van der Waals surface area contributed by atoms with Crippen molar-refractivity contribution in [2.45, 2.75) is 4.90 Å². The lowest BCUT2D eigenvalue weighted by Crippen LogP contribution is -2.50. The summed E-state index contributed by atoms with van der Waals surface area (Å²) in [7, 11) is -3.60. The van der Waals surface area contributed by atoms with Gasteiger partial charge in [0.1, 0.15) is 5.82 Å². The third-order valence-corrected chi connectivity index (χ3v) is 6.76. The van der Waals surface area contributed by atoms with Crippen LogP contribution in [-0.2, 0) is 14.8 Å². The minimum atomic E-state index is -3.60. The van der Waals surface area contributed by atoms with Crippen molar-refractivity contribution in [3.05, 3.63) is 58.3 Å². The van der Waals surface area contributed by atoms with Gasteiger partial charge in [-0.25, -0.2) is 12.8 Å². The van der Waals surface area contributed by atoms with E-state index >= 15 is 0 Å². The fourth-order valence-corrected chi connectivity index (χ4v) is 4.57. The molecule has 1 saturated heterocycles. The van der Waals surface area contributed by atoms with Crippen molar-refractivity contribution in [1.29, 1.82) is 0 Å². The van der Waals surface area contributed by atoms with E-state index in [1.54, 1.807) is 0 Å². The molecule has 0 unspecified atom stereocenters. The number of nitrogens with one attached hydrogen (secondary N) is 1. The smallest absolute Gasteiger partial charge is 0.243 e. The lowest BCUT2D eigenvalue weighted by molar-refractivity contribution is -0.117. The van der Waals surface area contributed by atoms with Gasteiger partial charge in [0.2, 0.25) is 15.9 Å². The zero-order valence-corrected chi connectivity index (χ0v) is 17.1. The number of piperazine rings is 1. The Balaban J connectivity index is 1.55. The Bertz CT molecular complexity index is 963. The molecule has 3 rings (SSSR count). The number of hydrogen-bond donors (Lipinski definition) is 1. The average Bonchev–Trinajstić information content (AvgIpc) is 2.65. The highest BCUT2D eigenvalue weighted by Crippen LogP contribution is 2.21. The number of nitrogens with zero attached hydrogens (tertiary/aromatic N) is 2. The Morgan fingerprint density at radius 1 is 1.00 bits per heavy atom. The quantitative estimate of drug-likeness (QED) is 0.767. The van der Waals surface area contributed by atoms with Gasteiger partial charge in [-0.2, -0.15) is 4.31 Å². The molecule has 0 radical (unpaired) electrons. The molecule has 0 aliphatic carbocycles. The number of carbonyl (C=O) groups excluding carboxylic acids is 1. The molecule has 1 heterocycles. The first kappa shape index (κ1) is 21.0. The van der Waals surface area contributed by atoms with Crippen LogP contribution < -0.4 is 5.32 Å². The molecule has 6 nitrogen and oxygen atoms in total. The number of amides is 1. The summed E-state index contributed by atoms with van der Waals surface area (Å²) < 4.78 is 40.5. The second-order valence-corrected chi connectivity index (χ2v) is 9.12. The van der Waals surface area contributed by atoms with Gasteiger partial charge in [0.05, 0.1) is 17.1 Å². The van der Waals surface area contributed by atoms with E-state index in [4.69, 9.17) is 23.2 Å². The molecule has 2 aromatic carbocycles. The van der Waals surface area contributed by atoms with Crippen LogP contribution in [0.25, 0.3) is 0 Å². The van der Waals surface area contributed by atoms with E-state index < -0.39 is 15.8 Å². The van der Waals surface area contributed by atoms with E-state index in [2.05, 4.69) is 5.32 Å². The molecule has 1 fully saturated rings. The third-order valence-electron chi connectivity index (χ3n) is 4.36. The van der Waals surface area contributed by atoms with Crippen LogP contribution in [0.15, 0.2) is 47.4 Å². The topological polar surface area (TPSA) is 69.7 Å². The molecular formula is C18H18Cl2FN3O3S. The Kier molecular flexibility index (Phi) is 6.57. The summed E-state index contributed by atoms with van der Waals surface area (Å²) in [5.74, 6) is -0.991. The molecule has 1 N–H and O–H groups in total. The van der Waals surface area contributed by atoms with Crippen molar-refractivity contribution in [2.75, 3.05) is 38.0 Å². The van der Waals surface area contributed by atoms with Crippen LogP contribution in [0.1, 0.15) is 0 Å². The number of sulfonamides is 1. The zero-order chi connectivity index (χ0) is 20.3. The molecule has 10 heteroatoms. The van der Waals surface area contributed by atoms with E-state index in [1.165, 1.54) is 40.7 Å². The van der Waals surface area contributed by atoms with Crippen LogP contribution in [0.2, 0.25) is 10.0 Å². The summed E-state index contributed by atoms with van der Waals surface area (Å²) in [5, 5.41) is 3.21. The van der Waals surface area contributed by atoms with Crippen LogP contribution in [0, 0.1) is 5.82 Å². The van der Waals surface area contributed by atoms with Gasteiger partial charge >= 0.3 is 0 Å². The van der Waals surface area contributed by atoms with Gasteiger partial charge in [0.15, 0.2) is 0 Å². The molecule has 28 heavy (non-hydrogen) atoms. The lowest BCUT2D eigenvalue weighted by Gasteiger charge is -2.33. The Hall–Kier alpha value is -1.71. The van der Waals surface area contributed by atoms with E-state index in [1.807, 2.05) is 4.90 Å². The van der Waals surface area contributed by atoms with Gasteiger partial charge in [-0.1, -0.05) is 23.2 Å². The Labute approximate surface area is 172 Å². The van der Waals surface area contributed by atoms with Crippen LogP contribution in [0.5, 0.6) is 0 Å². The maximum atomic E-state index is 13.8. The maximum Gasteiger partial charge on any atom is 0.243 e. The minimum Gasteiger partial charge on any atom is -0.322 e. The molecule has 0 spiro atoms. The minimum absolute atomic E-state index is 0.0386. The van der Waals surface area contributed by atoms with E-state index in [0.717, 1.165) is 6.07 Å². The SMILES string of the molecule is O=C(CN1CCN(S(=O)(=O)c2ccc(Cl)cc2)CC1)Nc1ccc(Cl)cc1F. The summed E-state index contributed by atoms with van der Waals surface area (Å²) in [6.07, 6.45) is 0. The highest BCUT2D eigenvalue weighted by molar-refractivity contribution is 7.89.